The molecule has 0 radical (unpaired) electrons. The van der Waals surface area contributed by atoms with Gasteiger partial charge in [-0.15, -0.1) is 11.3 Å². The molecule has 1 fully saturated rings. The number of piperazine rings is 1. The fourth-order valence-corrected chi connectivity index (χ4v) is 6.10. The van der Waals surface area contributed by atoms with Gasteiger partial charge >= 0.3 is 0 Å². The number of thiophene rings is 1. The van der Waals surface area contributed by atoms with Gasteiger partial charge in [0.15, 0.2) is 0 Å². The summed E-state index contributed by atoms with van der Waals surface area (Å²) in [6.45, 7) is 7.05. The molecular weight excluding hydrogens is 466 g/mol. The van der Waals surface area contributed by atoms with Crippen LogP contribution in [0.1, 0.15) is 31.4 Å². The van der Waals surface area contributed by atoms with Crippen molar-refractivity contribution in [3.05, 3.63) is 64.3 Å². The van der Waals surface area contributed by atoms with Gasteiger partial charge in [-0.3, -0.25) is 9.69 Å². The van der Waals surface area contributed by atoms with Gasteiger partial charge in [0.25, 0.3) is 0 Å². The van der Waals surface area contributed by atoms with E-state index in [9.17, 15) is 4.79 Å². The largest absolute Gasteiger partial charge is 0.383 e. The van der Waals surface area contributed by atoms with Gasteiger partial charge in [0, 0.05) is 40.8 Å². The summed E-state index contributed by atoms with van der Waals surface area (Å²) in [6, 6.07) is 12.2. The predicted molar refractivity (Wildman–Crippen MR) is 140 cm³/mol. The highest BCUT2D eigenvalue weighted by Crippen LogP contribution is 2.31. The second-order valence-corrected chi connectivity index (χ2v) is 10.8. The number of amides is 1. The van der Waals surface area contributed by atoms with Gasteiger partial charge in [-0.1, -0.05) is 37.6 Å². The fourth-order valence-electron chi connectivity index (χ4n) is 4.87. The van der Waals surface area contributed by atoms with Crippen LogP contribution in [0.4, 0.5) is 5.82 Å². The summed E-state index contributed by atoms with van der Waals surface area (Å²) in [5.41, 5.74) is 9.10. The smallest absolute Gasteiger partial charge is 0.237 e. The van der Waals surface area contributed by atoms with Crippen LogP contribution in [-0.4, -0.2) is 44.8 Å². The molecule has 2 N–H and O–H groups in total. The van der Waals surface area contributed by atoms with E-state index in [1.807, 2.05) is 35.2 Å². The molecule has 0 unspecified atom stereocenters. The van der Waals surface area contributed by atoms with Gasteiger partial charge in [-0.05, 0) is 58.5 Å². The number of benzene rings is 2. The Bertz CT molecular complexity index is 1350. The molecule has 1 aliphatic rings. The lowest BCUT2D eigenvalue weighted by atomic mass is 9.98. The fraction of sp³-hybridized carbons (Fsp3) is 0.346. The lowest BCUT2D eigenvalue weighted by Crippen LogP contribution is -2.55. The van der Waals surface area contributed by atoms with Gasteiger partial charge in [0.2, 0.25) is 5.91 Å². The molecule has 176 valence electrons. The minimum atomic E-state index is 0.159. The lowest BCUT2D eigenvalue weighted by Gasteiger charge is -2.42. The SMILES string of the molecule is CC(C)C[C@@H]1CN(Cc2csc3cc(Cl)ccc23)CC(=O)N1Cc1ccc2c(N)ncnc2c1. The molecule has 5 rings (SSSR count). The van der Waals surface area contributed by atoms with Crippen LogP contribution in [0, 0.1) is 5.92 Å². The van der Waals surface area contributed by atoms with Gasteiger partial charge < -0.3 is 10.6 Å². The summed E-state index contributed by atoms with van der Waals surface area (Å²) in [5, 5.41) is 5.01. The Morgan fingerprint density at radius 1 is 1.15 bits per heavy atom. The van der Waals surface area contributed by atoms with Crippen molar-refractivity contribution in [3.63, 3.8) is 0 Å². The van der Waals surface area contributed by atoms with Crippen molar-refractivity contribution in [1.29, 1.82) is 0 Å². The summed E-state index contributed by atoms with van der Waals surface area (Å²) in [7, 11) is 0. The number of nitrogens with two attached hydrogens (primary N) is 1. The maximum Gasteiger partial charge on any atom is 0.237 e. The van der Waals surface area contributed by atoms with Crippen molar-refractivity contribution < 1.29 is 4.79 Å². The number of fused-ring (bicyclic) bond motifs is 2. The van der Waals surface area contributed by atoms with Gasteiger partial charge in [-0.25, -0.2) is 9.97 Å². The standard InChI is InChI=1S/C26H28ClN5OS/c1-16(2)7-20-12-31(11-18-14-34-24-9-19(27)4-6-21(18)24)13-25(33)32(20)10-17-3-5-22-23(8-17)29-15-30-26(22)28/h3-6,8-9,14-16,20H,7,10-13H2,1-2H3,(H2,28,29,30)/t20-/m1/s1. The monoisotopic (exact) mass is 493 g/mol. The molecule has 6 nitrogen and oxygen atoms in total. The Kier molecular flexibility index (Phi) is 6.42. The van der Waals surface area contributed by atoms with Crippen LogP contribution in [0.2, 0.25) is 5.02 Å². The summed E-state index contributed by atoms with van der Waals surface area (Å²) in [6.07, 6.45) is 2.44. The second-order valence-electron chi connectivity index (χ2n) is 9.49. The highest BCUT2D eigenvalue weighted by molar-refractivity contribution is 7.17. The van der Waals surface area contributed by atoms with E-state index in [0.717, 1.165) is 41.0 Å². The minimum absolute atomic E-state index is 0.159. The molecule has 2 aromatic heterocycles. The third-order valence-corrected chi connectivity index (χ3v) is 7.66. The minimum Gasteiger partial charge on any atom is -0.383 e. The molecule has 1 aliphatic heterocycles. The van der Waals surface area contributed by atoms with E-state index in [1.54, 1.807) is 11.3 Å². The zero-order valence-electron chi connectivity index (χ0n) is 19.4. The lowest BCUT2D eigenvalue weighted by molar-refractivity contribution is -0.141. The normalized spacial score (nSPS) is 17.4. The van der Waals surface area contributed by atoms with E-state index < -0.39 is 0 Å². The molecule has 1 atom stereocenters. The number of aromatic nitrogens is 2. The maximum absolute atomic E-state index is 13.4. The first-order valence-electron chi connectivity index (χ1n) is 11.5. The number of nitrogens with zero attached hydrogens (tertiary/aromatic N) is 4. The molecular formula is C26H28ClN5OS. The van der Waals surface area contributed by atoms with Crippen LogP contribution in [0.15, 0.2) is 48.1 Å². The molecule has 0 saturated carbocycles. The Balaban J connectivity index is 1.36. The van der Waals surface area contributed by atoms with Crippen LogP contribution in [0.25, 0.3) is 21.0 Å². The molecule has 4 aromatic rings. The highest BCUT2D eigenvalue weighted by atomic mass is 35.5. The summed E-state index contributed by atoms with van der Waals surface area (Å²) < 4.78 is 1.19. The Labute approximate surface area is 208 Å². The number of nitrogen functional groups attached to an aromatic ring is 1. The molecule has 0 aliphatic carbocycles. The van der Waals surface area contributed by atoms with E-state index >= 15 is 0 Å². The third kappa shape index (κ3) is 4.73. The quantitative estimate of drug-likeness (QED) is 0.392. The average Bonchev–Trinajstić information content (AvgIpc) is 3.17. The molecule has 8 heteroatoms. The van der Waals surface area contributed by atoms with E-state index in [2.05, 4.69) is 40.2 Å². The molecule has 3 heterocycles. The molecule has 0 bridgehead atoms. The van der Waals surface area contributed by atoms with Gasteiger partial charge in [0.05, 0.1) is 12.1 Å². The number of rotatable bonds is 6. The molecule has 34 heavy (non-hydrogen) atoms. The number of carbonyl (C=O) groups is 1. The zero-order valence-corrected chi connectivity index (χ0v) is 20.9. The van der Waals surface area contributed by atoms with Gasteiger partial charge in [-0.2, -0.15) is 0 Å². The number of anilines is 1. The summed E-state index contributed by atoms with van der Waals surface area (Å²) >= 11 is 7.87. The maximum atomic E-state index is 13.4. The van der Waals surface area contributed by atoms with E-state index in [0.29, 0.717) is 24.8 Å². The highest BCUT2D eigenvalue weighted by Gasteiger charge is 2.33. The van der Waals surface area contributed by atoms with Crippen molar-refractivity contribution in [2.75, 3.05) is 18.8 Å². The second kappa shape index (κ2) is 9.49. The van der Waals surface area contributed by atoms with Crippen molar-refractivity contribution >= 4 is 55.7 Å². The number of hydrogen-bond donors (Lipinski definition) is 1. The topological polar surface area (TPSA) is 75.4 Å². The first kappa shape index (κ1) is 23.0. The molecule has 1 amide bonds. The van der Waals surface area contributed by atoms with Gasteiger partial charge in [0.1, 0.15) is 12.1 Å². The molecule has 2 aromatic carbocycles. The third-order valence-electron chi connectivity index (χ3n) is 6.43. The van der Waals surface area contributed by atoms with Crippen molar-refractivity contribution in [1.82, 2.24) is 19.8 Å². The van der Waals surface area contributed by atoms with E-state index in [1.165, 1.54) is 22.0 Å². The summed E-state index contributed by atoms with van der Waals surface area (Å²) in [5.74, 6) is 1.14. The Hall–Kier alpha value is -2.74. The average molecular weight is 494 g/mol. The van der Waals surface area contributed by atoms with Crippen molar-refractivity contribution in [2.45, 2.75) is 39.4 Å². The zero-order chi connectivity index (χ0) is 23.8. The Morgan fingerprint density at radius 2 is 1.97 bits per heavy atom. The summed E-state index contributed by atoms with van der Waals surface area (Å²) in [4.78, 5) is 26.1. The van der Waals surface area contributed by atoms with E-state index in [-0.39, 0.29) is 11.9 Å². The first-order chi connectivity index (χ1) is 16.4. The Morgan fingerprint density at radius 3 is 2.79 bits per heavy atom. The van der Waals surface area contributed by atoms with Crippen LogP contribution in [-0.2, 0) is 17.9 Å². The van der Waals surface area contributed by atoms with Crippen molar-refractivity contribution in [3.8, 4) is 0 Å². The number of carbonyl (C=O) groups excluding carboxylic acids is 1. The predicted octanol–water partition coefficient (Wildman–Crippen LogP) is 5.34. The molecule has 1 saturated heterocycles. The van der Waals surface area contributed by atoms with Crippen molar-refractivity contribution in [2.24, 2.45) is 5.92 Å². The van der Waals surface area contributed by atoms with E-state index in [4.69, 9.17) is 17.3 Å². The van der Waals surface area contributed by atoms with Crippen LogP contribution >= 0.6 is 22.9 Å². The van der Waals surface area contributed by atoms with Crippen LogP contribution < -0.4 is 5.73 Å². The van der Waals surface area contributed by atoms with Crippen LogP contribution in [0.5, 0.6) is 0 Å². The molecule has 0 spiro atoms. The number of halogens is 1. The van der Waals surface area contributed by atoms with Crippen LogP contribution in [0.3, 0.4) is 0 Å². The first-order valence-corrected chi connectivity index (χ1v) is 12.8. The number of hydrogen-bond acceptors (Lipinski definition) is 6.